The molecule has 0 spiro atoms. The molecule has 202 valence electrons. The van der Waals surface area contributed by atoms with Crippen molar-refractivity contribution >= 4 is 17.3 Å². The molecule has 0 radical (unpaired) electrons. The van der Waals surface area contributed by atoms with Crippen LogP contribution in [0.3, 0.4) is 0 Å². The fourth-order valence-electron chi connectivity index (χ4n) is 4.14. The molecule has 0 aliphatic rings. The Morgan fingerprint density at radius 3 is 2.20 bits per heavy atom. The number of pyridine rings is 1. The van der Waals surface area contributed by atoms with Crippen molar-refractivity contribution in [3.63, 3.8) is 0 Å². The summed E-state index contributed by atoms with van der Waals surface area (Å²) in [4.78, 5) is 16.0. The van der Waals surface area contributed by atoms with Crippen LogP contribution in [0.5, 0.6) is 11.5 Å². The summed E-state index contributed by atoms with van der Waals surface area (Å²) >= 11 is 6.29. The van der Waals surface area contributed by atoms with Crippen molar-refractivity contribution in [3.05, 3.63) is 122 Å². The molecule has 0 saturated heterocycles. The predicted octanol–water partition coefficient (Wildman–Crippen LogP) is 6.37. The first kappa shape index (κ1) is 26.6. The molecule has 5 aromatic rings. The average molecular weight is 559 g/mol. The number of halogens is 1. The summed E-state index contributed by atoms with van der Waals surface area (Å²) in [5, 5.41) is 28.4. The number of rotatable bonds is 9. The van der Waals surface area contributed by atoms with E-state index in [1.807, 2.05) is 60.7 Å². The summed E-state index contributed by atoms with van der Waals surface area (Å²) in [6.07, 6.45) is 0. The molecule has 40 heavy (non-hydrogen) atoms. The van der Waals surface area contributed by atoms with Crippen LogP contribution in [0.2, 0.25) is 5.15 Å². The fourth-order valence-corrected chi connectivity index (χ4v) is 4.50. The zero-order chi connectivity index (χ0) is 28.2. The van der Waals surface area contributed by atoms with E-state index in [4.69, 9.17) is 25.6 Å². The van der Waals surface area contributed by atoms with Gasteiger partial charge in [-0.05, 0) is 41.3 Å². The van der Waals surface area contributed by atoms with E-state index in [1.54, 1.807) is 26.0 Å². The van der Waals surface area contributed by atoms with Gasteiger partial charge in [-0.2, -0.15) is 9.71 Å². The van der Waals surface area contributed by atoms with E-state index in [9.17, 15) is 15.3 Å². The van der Waals surface area contributed by atoms with Crippen LogP contribution in [-0.4, -0.2) is 15.1 Å². The number of aryl methyl sites for hydroxylation is 2. The molecule has 0 fully saturated rings. The second-order valence-electron chi connectivity index (χ2n) is 8.98. The number of nitro groups is 1. The lowest BCUT2D eigenvalue weighted by atomic mass is 10.1. The summed E-state index contributed by atoms with van der Waals surface area (Å²) in [6.45, 7) is 3.63. The van der Waals surface area contributed by atoms with Gasteiger partial charge in [-0.15, -0.1) is 0 Å². The molecule has 0 saturated carbocycles. The average Bonchev–Trinajstić information content (AvgIpc) is 3.44. The minimum Gasteiger partial charge on any atom is -0.617 e. The zero-order valence-electron chi connectivity index (χ0n) is 21.5. The van der Waals surface area contributed by atoms with E-state index in [2.05, 4.69) is 10.1 Å². The van der Waals surface area contributed by atoms with Crippen molar-refractivity contribution in [2.75, 3.05) is 0 Å². The molecule has 0 aliphatic heterocycles. The first-order chi connectivity index (χ1) is 19.3. The van der Waals surface area contributed by atoms with Crippen LogP contribution in [0.1, 0.15) is 22.4 Å². The van der Waals surface area contributed by atoms with E-state index >= 15 is 0 Å². The lowest BCUT2D eigenvalue weighted by molar-refractivity contribution is -0.609. The molecule has 0 unspecified atom stereocenters. The van der Waals surface area contributed by atoms with Crippen LogP contribution in [0.25, 0.3) is 22.8 Å². The molecule has 0 aliphatic carbocycles. The first-order valence-corrected chi connectivity index (χ1v) is 12.6. The third kappa shape index (κ3) is 5.57. The third-order valence-electron chi connectivity index (χ3n) is 6.12. The van der Waals surface area contributed by atoms with Gasteiger partial charge in [0.25, 0.3) is 11.0 Å². The topological polar surface area (TPSA) is 127 Å². The molecule has 0 bridgehead atoms. The van der Waals surface area contributed by atoms with Gasteiger partial charge < -0.3 is 19.2 Å². The normalized spacial score (nSPS) is 10.9. The van der Waals surface area contributed by atoms with Crippen molar-refractivity contribution in [2.45, 2.75) is 27.1 Å². The predicted molar refractivity (Wildman–Crippen MR) is 147 cm³/mol. The number of aromatic nitrogens is 3. The molecule has 2 heterocycles. The molecule has 5 rings (SSSR count). The highest BCUT2D eigenvalue weighted by molar-refractivity contribution is 6.31. The van der Waals surface area contributed by atoms with Gasteiger partial charge >= 0.3 is 5.69 Å². The number of nitro benzene ring substituents is 1. The Hall–Kier alpha value is -4.96. The summed E-state index contributed by atoms with van der Waals surface area (Å²) in [7, 11) is 0. The largest absolute Gasteiger partial charge is 0.617 e. The molecular formula is C29H23ClN4O6. The number of hydrogen-bond acceptors (Lipinski definition) is 8. The molecule has 10 nitrogen and oxygen atoms in total. The molecule has 11 heteroatoms. The van der Waals surface area contributed by atoms with Gasteiger partial charge in [0.15, 0.2) is 11.4 Å². The lowest BCUT2D eigenvalue weighted by Gasteiger charge is -2.14. The highest BCUT2D eigenvalue weighted by Crippen LogP contribution is 2.42. The van der Waals surface area contributed by atoms with E-state index in [0.717, 1.165) is 11.1 Å². The van der Waals surface area contributed by atoms with Crippen LogP contribution >= 0.6 is 11.6 Å². The van der Waals surface area contributed by atoms with Gasteiger partial charge in [0.2, 0.25) is 11.6 Å². The summed E-state index contributed by atoms with van der Waals surface area (Å²) in [5.74, 6) is 0.149. The second kappa shape index (κ2) is 11.4. The Morgan fingerprint density at radius 2 is 1.57 bits per heavy atom. The second-order valence-corrected chi connectivity index (χ2v) is 9.34. The Labute approximate surface area is 234 Å². The van der Waals surface area contributed by atoms with E-state index in [0.29, 0.717) is 21.6 Å². The monoisotopic (exact) mass is 558 g/mol. The van der Waals surface area contributed by atoms with E-state index in [1.165, 1.54) is 6.07 Å². The number of hydrogen-bond donors (Lipinski definition) is 0. The summed E-state index contributed by atoms with van der Waals surface area (Å²) in [5.41, 5.74) is 2.98. The van der Waals surface area contributed by atoms with Gasteiger partial charge in [-0.3, -0.25) is 10.1 Å². The number of ether oxygens (including phenoxy) is 2. The quantitative estimate of drug-likeness (QED) is 0.0670. The van der Waals surface area contributed by atoms with Crippen LogP contribution < -0.4 is 14.2 Å². The highest BCUT2D eigenvalue weighted by Gasteiger charge is 2.27. The smallest absolute Gasteiger partial charge is 0.315 e. The Bertz CT molecular complexity index is 1680. The fraction of sp³-hybridized carbons (Fsp3) is 0.138. The lowest BCUT2D eigenvalue weighted by Crippen LogP contribution is -2.32. The Kier molecular flexibility index (Phi) is 7.61. The Balaban J connectivity index is 1.56. The van der Waals surface area contributed by atoms with Crippen molar-refractivity contribution in [3.8, 4) is 34.3 Å². The molecular weight excluding hydrogens is 536 g/mol. The van der Waals surface area contributed by atoms with E-state index < -0.39 is 4.92 Å². The molecule has 2 aromatic heterocycles. The van der Waals surface area contributed by atoms with Crippen LogP contribution in [0, 0.1) is 29.2 Å². The van der Waals surface area contributed by atoms with Gasteiger partial charge in [0.1, 0.15) is 18.8 Å². The Morgan fingerprint density at radius 1 is 0.950 bits per heavy atom. The van der Waals surface area contributed by atoms with Gasteiger partial charge in [0, 0.05) is 19.1 Å². The van der Waals surface area contributed by atoms with Crippen molar-refractivity contribution in [2.24, 2.45) is 0 Å². The van der Waals surface area contributed by atoms with Crippen LogP contribution in [0.15, 0.2) is 83.4 Å². The number of benzene rings is 3. The molecule has 0 atom stereocenters. The molecule has 0 amide bonds. The highest BCUT2D eigenvalue weighted by atomic mass is 35.5. The minimum atomic E-state index is -0.558. The van der Waals surface area contributed by atoms with Gasteiger partial charge in [-0.1, -0.05) is 65.8 Å². The maximum absolute atomic E-state index is 12.3. The molecule has 3 aromatic carbocycles. The summed E-state index contributed by atoms with van der Waals surface area (Å²) in [6, 6.07) is 23.2. The van der Waals surface area contributed by atoms with Crippen molar-refractivity contribution in [1.82, 2.24) is 10.1 Å². The maximum Gasteiger partial charge on any atom is 0.315 e. The standard InChI is InChI=1S/C29H23ClN4O6/c1-18-13-19(2)33(35)27(30)25(18)28-31-29(40-32-28)22-14-23(34(36)37)26(39-17-21-11-7-4-8-12-21)24(15-22)38-16-20-9-5-3-6-10-20/h3-15H,16-17H2,1-2H3. The maximum atomic E-state index is 12.3. The van der Waals surface area contributed by atoms with Crippen LogP contribution in [-0.2, 0) is 13.2 Å². The summed E-state index contributed by atoms with van der Waals surface area (Å²) < 4.78 is 18.0. The van der Waals surface area contributed by atoms with Crippen LogP contribution in [0.4, 0.5) is 5.69 Å². The van der Waals surface area contributed by atoms with Gasteiger partial charge in [0.05, 0.1) is 10.5 Å². The minimum absolute atomic E-state index is 0.0224. The zero-order valence-corrected chi connectivity index (χ0v) is 22.3. The van der Waals surface area contributed by atoms with E-state index in [-0.39, 0.29) is 52.8 Å². The SMILES string of the molecule is Cc1cc(C)[n+]([O-])c(Cl)c1-c1noc(-c2cc(OCc3ccccc3)c(OCc3ccccc3)c([N+](=O)[O-])c2)n1. The third-order valence-corrected chi connectivity index (χ3v) is 6.46. The van der Waals surface area contributed by atoms with Gasteiger partial charge in [-0.25, -0.2) is 0 Å². The number of nitrogens with zero attached hydrogens (tertiary/aromatic N) is 4. The molecule has 0 N–H and O–H groups in total. The van der Waals surface area contributed by atoms with Crippen molar-refractivity contribution < 1.29 is 23.7 Å². The van der Waals surface area contributed by atoms with Crippen molar-refractivity contribution in [1.29, 1.82) is 0 Å². The first-order valence-electron chi connectivity index (χ1n) is 12.2.